The zero-order valence-electron chi connectivity index (χ0n) is 9.66. The number of fused-ring (bicyclic) bond motifs is 1. The van der Waals surface area contributed by atoms with E-state index in [9.17, 15) is 4.79 Å². The Kier molecular flexibility index (Phi) is 2.50. The van der Waals surface area contributed by atoms with Crippen LogP contribution in [-0.4, -0.2) is 25.7 Å². The van der Waals surface area contributed by atoms with Gasteiger partial charge in [-0.25, -0.2) is 4.79 Å². The topological polar surface area (TPSA) is 47.6 Å². The van der Waals surface area contributed by atoms with E-state index in [1.54, 1.807) is 7.11 Å². The van der Waals surface area contributed by atoms with E-state index in [1.807, 2.05) is 25.1 Å². The quantitative estimate of drug-likeness (QED) is 0.770. The fourth-order valence-corrected chi connectivity index (χ4v) is 2.09. The minimum Gasteiger partial charge on any atom is -0.495 e. The third-order valence-corrected chi connectivity index (χ3v) is 2.91. The molecule has 0 amide bonds. The summed E-state index contributed by atoms with van der Waals surface area (Å²) in [4.78, 5) is 11.7. The van der Waals surface area contributed by atoms with Gasteiger partial charge in [-0.15, -0.1) is 0 Å². The number of carbonyl (C=O) groups excluding carboxylic acids is 1. The zero-order valence-corrected chi connectivity index (χ0v) is 9.66. The van der Waals surface area contributed by atoms with E-state index >= 15 is 0 Å². The first-order valence-electron chi connectivity index (χ1n) is 5.13. The van der Waals surface area contributed by atoms with E-state index in [2.05, 4.69) is 5.32 Å². The number of hydrogen-bond donors (Lipinski definition) is 1. The molecule has 0 spiro atoms. The molecule has 0 fully saturated rings. The Morgan fingerprint density at radius 1 is 1.44 bits per heavy atom. The first kappa shape index (κ1) is 10.8. The summed E-state index contributed by atoms with van der Waals surface area (Å²) in [5.41, 5.74) is 1.27. The molecule has 4 nitrogen and oxygen atoms in total. The lowest BCUT2D eigenvalue weighted by Crippen LogP contribution is -2.42. The molecule has 1 atom stereocenters. The molecule has 0 saturated heterocycles. The smallest absolute Gasteiger partial charge is 0.331 e. The number of para-hydroxylation sites is 1. The molecule has 1 aliphatic rings. The average Bonchev–Trinajstić information content (AvgIpc) is 2.65. The summed E-state index contributed by atoms with van der Waals surface area (Å²) in [6.07, 6.45) is 0.617. The molecule has 4 heteroatoms. The molecule has 0 aliphatic carbocycles. The monoisotopic (exact) mass is 221 g/mol. The largest absolute Gasteiger partial charge is 0.495 e. The molecule has 86 valence electrons. The summed E-state index contributed by atoms with van der Waals surface area (Å²) in [6, 6.07) is 5.77. The molecular weight excluding hydrogens is 206 g/mol. The van der Waals surface area contributed by atoms with Crippen LogP contribution in [0.15, 0.2) is 18.2 Å². The molecular formula is C12H15NO3. The van der Waals surface area contributed by atoms with Crippen LogP contribution in [0.3, 0.4) is 0 Å². The highest BCUT2D eigenvalue weighted by Gasteiger charge is 2.41. The summed E-state index contributed by atoms with van der Waals surface area (Å²) in [5, 5.41) is 3.18. The van der Waals surface area contributed by atoms with Crippen LogP contribution >= 0.6 is 0 Å². The van der Waals surface area contributed by atoms with Crippen LogP contribution in [-0.2, 0) is 16.0 Å². The van der Waals surface area contributed by atoms with Crippen LogP contribution in [0, 0.1) is 0 Å². The lowest BCUT2D eigenvalue weighted by atomic mass is 9.98. The number of carbonyl (C=O) groups is 1. The molecule has 1 aromatic carbocycles. The summed E-state index contributed by atoms with van der Waals surface area (Å²) in [5.74, 6) is 0.496. The van der Waals surface area contributed by atoms with Crippen LogP contribution in [0.2, 0.25) is 0 Å². The molecule has 1 unspecified atom stereocenters. The number of methoxy groups -OCH3 is 2. The van der Waals surface area contributed by atoms with Gasteiger partial charge in [-0.3, -0.25) is 0 Å². The molecule has 1 aliphatic heterocycles. The van der Waals surface area contributed by atoms with Crippen LogP contribution in [0.1, 0.15) is 12.5 Å². The first-order chi connectivity index (χ1) is 7.60. The van der Waals surface area contributed by atoms with Gasteiger partial charge in [-0.2, -0.15) is 0 Å². The van der Waals surface area contributed by atoms with Crippen molar-refractivity contribution in [2.45, 2.75) is 18.9 Å². The van der Waals surface area contributed by atoms with Gasteiger partial charge < -0.3 is 14.8 Å². The van der Waals surface area contributed by atoms with Crippen LogP contribution in [0.5, 0.6) is 5.75 Å². The van der Waals surface area contributed by atoms with Gasteiger partial charge in [0, 0.05) is 6.42 Å². The normalized spacial score (nSPS) is 22.2. The molecule has 16 heavy (non-hydrogen) atoms. The molecule has 0 saturated carbocycles. The predicted molar refractivity (Wildman–Crippen MR) is 60.7 cm³/mol. The summed E-state index contributed by atoms with van der Waals surface area (Å²) < 4.78 is 10.0. The van der Waals surface area contributed by atoms with E-state index in [4.69, 9.17) is 9.47 Å². The Balaban J connectivity index is 2.37. The minimum absolute atomic E-state index is 0.259. The Labute approximate surface area is 94.6 Å². The second-order valence-electron chi connectivity index (χ2n) is 4.12. The van der Waals surface area contributed by atoms with Gasteiger partial charge >= 0.3 is 5.97 Å². The molecule has 1 N–H and O–H groups in total. The fraction of sp³-hybridized carbons (Fsp3) is 0.417. The summed E-state index contributed by atoms with van der Waals surface area (Å²) >= 11 is 0. The summed E-state index contributed by atoms with van der Waals surface area (Å²) in [7, 11) is 3.01. The lowest BCUT2D eigenvalue weighted by molar-refractivity contribution is -0.145. The van der Waals surface area contributed by atoms with E-state index in [0.717, 1.165) is 17.0 Å². The third-order valence-electron chi connectivity index (χ3n) is 2.91. The standard InChI is InChI=1S/C12H15NO3/c1-12(11(14)16-3)7-8-5-4-6-9(15-2)10(8)13-12/h4-6,13H,7H2,1-3H3. The van der Waals surface area contributed by atoms with E-state index in [-0.39, 0.29) is 5.97 Å². The second kappa shape index (κ2) is 3.70. The van der Waals surface area contributed by atoms with Crippen molar-refractivity contribution in [2.75, 3.05) is 19.5 Å². The van der Waals surface area contributed by atoms with E-state index in [1.165, 1.54) is 7.11 Å². The second-order valence-corrected chi connectivity index (χ2v) is 4.12. The zero-order chi connectivity index (χ0) is 11.8. The third kappa shape index (κ3) is 1.50. The minimum atomic E-state index is -0.689. The SMILES string of the molecule is COC(=O)C1(C)Cc2cccc(OC)c2N1. The molecule has 0 bridgehead atoms. The van der Waals surface area contributed by atoms with Crippen LogP contribution < -0.4 is 10.1 Å². The average molecular weight is 221 g/mol. The Morgan fingerprint density at radius 2 is 2.19 bits per heavy atom. The van der Waals surface area contributed by atoms with Crippen molar-refractivity contribution in [3.05, 3.63) is 23.8 Å². The van der Waals surface area contributed by atoms with Crippen molar-refractivity contribution in [2.24, 2.45) is 0 Å². The summed E-state index contributed by atoms with van der Waals surface area (Å²) in [6.45, 7) is 1.83. The maximum absolute atomic E-state index is 11.7. The van der Waals surface area contributed by atoms with Gasteiger partial charge in [0.2, 0.25) is 0 Å². The number of anilines is 1. The van der Waals surface area contributed by atoms with Gasteiger partial charge in [0.1, 0.15) is 11.3 Å². The van der Waals surface area contributed by atoms with Gasteiger partial charge in [0.25, 0.3) is 0 Å². The van der Waals surface area contributed by atoms with Gasteiger partial charge in [0.15, 0.2) is 0 Å². The van der Waals surface area contributed by atoms with Crippen molar-refractivity contribution in [3.8, 4) is 5.75 Å². The lowest BCUT2D eigenvalue weighted by Gasteiger charge is -2.21. The Morgan fingerprint density at radius 3 is 2.81 bits per heavy atom. The number of benzene rings is 1. The van der Waals surface area contributed by atoms with Gasteiger partial charge in [0.05, 0.1) is 19.9 Å². The van der Waals surface area contributed by atoms with Crippen molar-refractivity contribution >= 4 is 11.7 Å². The van der Waals surface area contributed by atoms with Gasteiger partial charge in [-0.05, 0) is 18.6 Å². The predicted octanol–water partition coefficient (Wildman–Crippen LogP) is 1.59. The first-order valence-corrected chi connectivity index (χ1v) is 5.13. The molecule has 1 heterocycles. The van der Waals surface area contributed by atoms with E-state index in [0.29, 0.717) is 6.42 Å². The highest BCUT2D eigenvalue weighted by atomic mass is 16.5. The highest BCUT2D eigenvalue weighted by molar-refractivity contribution is 5.88. The van der Waals surface area contributed by atoms with Crippen molar-refractivity contribution in [3.63, 3.8) is 0 Å². The molecule has 0 aromatic heterocycles. The number of esters is 1. The number of rotatable bonds is 2. The number of hydrogen-bond acceptors (Lipinski definition) is 4. The van der Waals surface area contributed by atoms with Crippen molar-refractivity contribution in [1.29, 1.82) is 0 Å². The number of nitrogens with one attached hydrogen (secondary N) is 1. The van der Waals surface area contributed by atoms with Crippen LogP contribution in [0.4, 0.5) is 5.69 Å². The van der Waals surface area contributed by atoms with E-state index < -0.39 is 5.54 Å². The molecule has 0 radical (unpaired) electrons. The fourth-order valence-electron chi connectivity index (χ4n) is 2.09. The van der Waals surface area contributed by atoms with Crippen LogP contribution in [0.25, 0.3) is 0 Å². The Hall–Kier alpha value is -1.71. The maximum atomic E-state index is 11.7. The van der Waals surface area contributed by atoms with Crippen molar-refractivity contribution < 1.29 is 14.3 Å². The Bertz CT molecular complexity index is 430. The number of ether oxygens (including phenoxy) is 2. The van der Waals surface area contributed by atoms with Gasteiger partial charge in [-0.1, -0.05) is 12.1 Å². The van der Waals surface area contributed by atoms with Crippen molar-refractivity contribution in [1.82, 2.24) is 0 Å². The highest BCUT2D eigenvalue weighted by Crippen LogP contribution is 2.39. The molecule has 2 rings (SSSR count). The maximum Gasteiger partial charge on any atom is 0.331 e. The molecule has 1 aromatic rings.